The summed E-state index contributed by atoms with van der Waals surface area (Å²) < 4.78 is 0. The molecule has 21 heavy (non-hydrogen) atoms. The van der Waals surface area contributed by atoms with Gasteiger partial charge in [-0.1, -0.05) is 33.6 Å². The number of aryl methyl sites for hydroxylation is 1. The molecular formula is C17H29N3O. The Bertz CT molecular complexity index is 459. The van der Waals surface area contributed by atoms with Crippen molar-refractivity contribution in [1.82, 2.24) is 9.88 Å². The molecule has 0 saturated heterocycles. The van der Waals surface area contributed by atoms with Gasteiger partial charge in [-0.3, -0.25) is 4.79 Å². The van der Waals surface area contributed by atoms with Gasteiger partial charge < -0.3 is 10.6 Å². The second kappa shape index (κ2) is 8.65. The lowest BCUT2D eigenvalue weighted by Gasteiger charge is -2.29. The summed E-state index contributed by atoms with van der Waals surface area (Å²) in [6.07, 6.45) is 4.91. The third kappa shape index (κ3) is 5.03. The Morgan fingerprint density at radius 1 is 1.29 bits per heavy atom. The van der Waals surface area contributed by atoms with Crippen LogP contribution >= 0.6 is 0 Å². The number of nitrogen functional groups attached to an aromatic ring is 1. The number of hydrogen-bond donors (Lipinski definition) is 1. The van der Waals surface area contributed by atoms with Gasteiger partial charge in [0.1, 0.15) is 5.82 Å². The van der Waals surface area contributed by atoms with Gasteiger partial charge in [-0.2, -0.15) is 0 Å². The molecule has 0 aliphatic rings. The van der Waals surface area contributed by atoms with Crippen molar-refractivity contribution in [1.29, 1.82) is 0 Å². The molecule has 0 aliphatic heterocycles. The summed E-state index contributed by atoms with van der Waals surface area (Å²) in [4.78, 5) is 19.1. The quantitative estimate of drug-likeness (QED) is 0.795. The van der Waals surface area contributed by atoms with Crippen LogP contribution in [-0.2, 0) is 6.42 Å². The van der Waals surface area contributed by atoms with E-state index in [0.717, 1.165) is 44.3 Å². The number of nitrogens with zero attached hydrogens (tertiary/aromatic N) is 2. The van der Waals surface area contributed by atoms with Crippen molar-refractivity contribution in [3.8, 4) is 0 Å². The molecular weight excluding hydrogens is 262 g/mol. The van der Waals surface area contributed by atoms with Gasteiger partial charge in [0.05, 0.1) is 0 Å². The maximum atomic E-state index is 12.8. The lowest BCUT2D eigenvalue weighted by Crippen LogP contribution is -2.39. The van der Waals surface area contributed by atoms with E-state index in [1.54, 1.807) is 6.07 Å². The Kier molecular flexibility index (Phi) is 7.20. The van der Waals surface area contributed by atoms with E-state index in [1.165, 1.54) is 0 Å². The molecule has 1 atom stereocenters. The van der Waals surface area contributed by atoms with Crippen molar-refractivity contribution in [2.45, 2.75) is 65.8 Å². The Labute approximate surface area is 128 Å². The number of rotatable bonds is 8. The number of anilines is 1. The minimum atomic E-state index is 0.0734. The molecule has 1 heterocycles. The summed E-state index contributed by atoms with van der Waals surface area (Å²) in [5.41, 5.74) is 7.43. The van der Waals surface area contributed by atoms with E-state index in [4.69, 9.17) is 5.73 Å². The second-order valence-electron chi connectivity index (χ2n) is 5.63. The zero-order chi connectivity index (χ0) is 15.8. The van der Waals surface area contributed by atoms with Crippen LogP contribution in [0.3, 0.4) is 0 Å². The predicted molar refractivity (Wildman–Crippen MR) is 88.3 cm³/mol. The molecule has 2 N–H and O–H groups in total. The molecule has 1 amide bonds. The van der Waals surface area contributed by atoms with E-state index in [-0.39, 0.29) is 11.9 Å². The van der Waals surface area contributed by atoms with Gasteiger partial charge in [-0.05, 0) is 38.3 Å². The van der Waals surface area contributed by atoms with E-state index < -0.39 is 0 Å². The maximum Gasteiger partial charge on any atom is 0.254 e. The van der Waals surface area contributed by atoms with Crippen LogP contribution in [0.2, 0.25) is 0 Å². The number of carbonyl (C=O) groups is 1. The number of carbonyl (C=O) groups excluding carboxylic acids is 1. The smallest absolute Gasteiger partial charge is 0.254 e. The highest BCUT2D eigenvalue weighted by Gasteiger charge is 2.20. The fourth-order valence-corrected chi connectivity index (χ4v) is 2.36. The van der Waals surface area contributed by atoms with E-state index in [1.807, 2.05) is 11.0 Å². The first kappa shape index (κ1) is 17.5. The Morgan fingerprint density at radius 2 is 2.00 bits per heavy atom. The fraction of sp³-hybridized carbons (Fsp3) is 0.647. The van der Waals surface area contributed by atoms with Crippen molar-refractivity contribution < 1.29 is 4.79 Å². The fourth-order valence-electron chi connectivity index (χ4n) is 2.36. The van der Waals surface area contributed by atoms with Crippen LogP contribution in [0, 0.1) is 0 Å². The number of hydrogen-bond acceptors (Lipinski definition) is 3. The molecule has 0 aromatic carbocycles. The summed E-state index contributed by atoms with van der Waals surface area (Å²) in [7, 11) is 0. The Balaban J connectivity index is 3.01. The van der Waals surface area contributed by atoms with Gasteiger partial charge in [0.25, 0.3) is 5.91 Å². The van der Waals surface area contributed by atoms with E-state index in [9.17, 15) is 4.79 Å². The average Bonchev–Trinajstić information content (AvgIpc) is 2.46. The monoisotopic (exact) mass is 291 g/mol. The number of amides is 1. The van der Waals surface area contributed by atoms with E-state index >= 15 is 0 Å². The number of unbranched alkanes of at least 4 members (excludes halogenated alkanes) is 1. The van der Waals surface area contributed by atoms with Crippen molar-refractivity contribution in [3.63, 3.8) is 0 Å². The first-order valence-corrected chi connectivity index (χ1v) is 8.10. The van der Waals surface area contributed by atoms with Crippen LogP contribution < -0.4 is 5.73 Å². The Morgan fingerprint density at radius 3 is 2.57 bits per heavy atom. The average molecular weight is 291 g/mol. The van der Waals surface area contributed by atoms with E-state index in [0.29, 0.717) is 11.4 Å². The van der Waals surface area contributed by atoms with Crippen LogP contribution in [-0.4, -0.2) is 28.4 Å². The van der Waals surface area contributed by atoms with Gasteiger partial charge in [0.15, 0.2) is 0 Å². The van der Waals surface area contributed by atoms with Gasteiger partial charge in [0.2, 0.25) is 0 Å². The highest BCUT2D eigenvalue weighted by atomic mass is 16.2. The summed E-state index contributed by atoms with van der Waals surface area (Å²) >= 11 is 0. The molecule has 1 aromatic rings. The SMILES string of the molecule is CCCCN(C(=O)c1cc(N)nc(CCC)c1)C(C)CC. The standard InChI is InChI=1S/C17H29N3O/c1-5-8-10-20(13(4)7-3)17(21)14-11-15(9-6-2)19-16(18)12-14/h11-13H,5-10H2,1-4H3,(H2,18,19). The molecule has 1 unspecified atom stereocenters. The molecule has 118 valence electrons. The minimum absolute atomic E-state index is 0.0734. The number of pyridine rings is 1. The highest BCUT2D eigenvalue weighted by molar-refractivity contribution is 5.95. The highest BCUT2D eigenvalue weighted by Crippen LogP contribution is 2.16. The molecule has 4 heteroatoms. The molecule has 0 aliphatic carbocycles. The number of aromatic nitrogens is 1. The predicted octanol–water partition coefficient (Wildman–Crippen LogP) is 3.66. The first-order chi connectivity index (χ1) is 10.0. The lowest BCUT2D eigenvalue weighted by atomic mass is 10.1. The molecule has 0 spiro atoms. The molecule has 1 rings (SSSR count). The minimum Gasteiger partial charge on any atom is -0.384 e. The van der Waals surface area contributed by atoms with E-state index in [2.05, 4.69) is 32.7 Å². The zero-order valence-corrected chi connectivity index (χ0v) is 13.9. The van der Waals surface area contributed by atoms with Gasteiger partial charge in [-0.15, -0.1) is 0 Å². The van der Waals surface area contributed by atoms with Crippen LogP contribution in [0.25, 0.3) is 0 Å². The number of nitrogens with two attached hydrogens (primary N) is 1. The molecule has 0 radical (unpaired) electrons. The normalized spacial score (nSPS) is 12.2. The summed E-state index contributed by atoms with van der Waals surface area (Å²) in [6, 6.07) is 3.83. The molecule has 0 fully saturated rings. The summed E-state index contributed by atoms with van der Waals surface area (Å²) in [5, 5.41) is 0. The summed E-state index contributed by atoms with van der Waals surface area (Å²) in [6.45, 7) is 9.25. The van der Waals surface area contributed by atoms with Crippen LogP contribution in [0.15, 0.2) is 12.1 Å². The summed E-state index contributed by atoms with van der Waals surface area (Å²) in [5.74, 6) is 0.508. The van der Waals surface area contributed by atoms with Crippen LogP contribution in [0.1, 0.15) is 69.4 Å². The van der Waals surface area contributed by atoms with Gasteiger partial charge in [0, 0.05) is 23.8 Å². The van der Waals surface area contributed by atoms with Crippen molar-refractivity contribution >= 4 is 11.7 Å². The van der Waals surface area contributed by atoms with Crippen molar-refractivity contribution in [3.05, 3.63) is 23.4 Å². The molecule has 0 saturated carbocycles. The van der Waals surface area contributed by atoms with Gasteiger partial charge in [-0.25, -0.2) is 4.98 Å². The Hall–Kier alpha value is -1.58. The second-order valence-corrected chi connectivity index (χ2v) is 5.63. The van der Waals surface area contributed by atoms with Gasteiger partial charge >= 0.3 is 0 Å². The molecule has 0 bridgehead atoms. The zero-order valence-electron chi connectivity index (χ0n) is 13.9. The van der Waals surface area contributed by atoms with Crippen LogP contribution in [0.5, 0.6) is 0 Å². The van der Waals surface area contributed by atoms with Crippen LogP contribution in [0.4, 0.5) is 5.82 Å². The molecule has 4 nitrogen and oxygen atoms in total. The van der Waals surface area contributed by atoms with Crippen molar-refractivity contribution in [2.24, 2.45) is 0 Å². The largest absolute Gasteiger partial charge is 0.384 e. The molecule has 1 aromatic heterocycles. The topological polar surface area (TPSA) is 59.2 Å². The first-order valence-electron chi connectivity index (χ1n) is 8.10. The third-order valence-electron chi connectivity index (χ3n) is 3.79. The van der Waals surface area contributed by atoms with Crippen molar-refractivity contribution in [2.75, 3.05) is 12.3 Å². The lowest BCUT2D eigenvalue weighted by molar-refractivity contribution is 0.0685. The maximum absolute atomic E-state index is 12.8. The third-order valence-corrected chi connectivity index (χ3v) is 3.79.